The third-order valence-electron chi connectivity index (χ3n) is 21.1. The van der Waals surface area contributed by atoms with E-state index in [-0.39, 0.29) is 13.4 Å². The molecule has 0 unspecified atom stereocenters. The molecule has 6 heteroatoms. The minimum Gasteiger partial charge on any atom is -0.310 e. The van der Waals surface area contributed by atoms with Gasteiger partial charge in [0.25, 0.3) is 13.4 Å². The first-order valence-electron chi connectivity index (χ1n) is 31.6. The van der Waals surface area contributed by atoms with Crippen LogP contribution in [0.25, 0.3) is 166 Å². The molecule has 18 aromatic rings. The number of rotatable bonds is 5. The predicted octanol–water partition coefficient (Wildman–Crippen LogP) is 16.7. The Morgan fingerprint density at radius 3 is 1.08 bits per heavy atom. The molecule has 22 rings (SSSR count). The molecule has 410 valence electrons. The maximum atomic E-state index is 2.71. The summed E-state index contributed by atoms with van der Waals surface area (Å²) in [7, 11) is 0. The standard InChI is InChI=1S/C84H48B2N4/c1-6-21-49(22-7-1)54-37-39-73-62(41-54)65-45-60(52-27-12-4-13-28-52)81-77-83(65)87(73)75-48-69-76(47-68(75)85(77)67-34-20-33-59-57-31-16-18-35-71(57)89(81)79(59)67)88-74-40-38-55(50-23-8-2-9-24-50)42-63(74)66-46-61(53-29-14-5-15-30-53)82-78(84(66)88)86(69)70-44-56(51-25-10-3-11-26-51)43-64-58-32-17-19-36-72(58)90(82)80(64)70/h1-48H. The van der Waals surface area contributed by atoms with E-state index >= 15 is 0 Å². The van der Waals surface area contributed by atoms with Crippen LogP contribution in [-0.2, 0) is 0 Å². The van der Waals surface area contributed by atoms with Gasteiger partial charge in [-0.05, 0) is 144 Å². The van der Waals surface area contributed by atoms with Crippen LogP contribution in [-0.4, -0.2) is 31.7 Å². The first-order valence-corrected chi connectivity index (χ1v) is 31.6. The van der Waals surface area contributed by atoms with Crippen molar-refractivity contribution in [3.05, 3.63) is 291 Å². The van der Waals surface area contributed by atoms with Gasteiger partial charge in [-0.2, -0.15) is 0 Å². The highest BCUT2D eigenvalue weighted by molar-refractivity contribution is 7.02. The number of nitrogens with zero attached hydrogens (tertiary/aromatic N) is 4. The van der Waals surface area contributed by atoms with Gasteiger partial charge in [-0.25, -0.2) is 0 Å². The molecule has 0 amide bonds. The van der Waals surface area contributed by atoms with E-state index in [1.807, 2.05) is 0 Å². The average Bonchev–Trinajstić information content (AvgIpc) is 1.42. The lowest BCUT2D eigenvalue weighted by atomic mass is 9.31. The highest BCUT2D eigenvalue weighted by atomic mass is 15.1. The van der Waals surface area contributed by atoms with Gasteiger partial charge >= 0.3 is 0 Å². The van der Waals surface area contributed by atoms with E-state index in [9.17, 15) is 0 Å². The molecule has 0 fully saturated rings. The van der Waals surface area contributed by atoms with Gasteiger partial charge in [-0.3, -0.25) is 0 Å². The molecule has 0 atom stereocenters. The zero-order chi connectivity index (χ0) is 58.2. The van der Waals surface area contributed by atoms with E-state index < -0.39 is 0 Å². The van der Waals surface area contributed by atoms with Crippen molar-refractivity contribution >= 4 is 133 Å². The molecule has 0 aliphatic carbocycles. The summed E-state index contributed by atoms with van der Waals surface area (Å²) in [6.45, 7) is -0.268. The Labute approximate surface area is 518 Å². The van der Waals surface area contributed by atoms with Crippen LogP contribution in [0.15, 0.2) is 291 Å². The number of fused-ring (bicyclic) bond motifs is 22. The predicted molar refractivity (Wildman–Crippen MR) is 380 cm³/mol. The molecule has 4 aromatic heterocycles. The van der Waals surface area contributed by atoms with Crippen molar-refractivity contribution in [2.75, 3.05) is 0 Å². The van der Waals surface area contributed by atoms with Crippen molar-refractivity contribution in [1.82, 2.24) is 18.3 Å². The van der Waals surface area contributed by atoms with Gasteiger partial charge in [0, 0.05) is 76.6 Å². The summed E-state index contributed by atoms with van der Waals surface area (Å²) in [6.07, 6.45) is 0. The third kappa shape index (κ3) is 5.94. The molecule has 0 N–H and O–H groups in total. The smallest absolute Gasteiger partial charge is 0.252 e. The molecule has 4 nitrogen and oxygen atoms in total. The molecule has 8 heterocycles. The number of aromatic nitrogens is 4. The Morgan fingerprint density at radius 1 is 0.200 bits per heavy atom. The van der Waals surface area contributed by atoms with Gasteiger partial charge in [0.05, 0.1) is 44.5 Å². The molecule has 4 aliphatic heterocycles. The van der Waals surface area contributed by atoms with Crippen LogP contribution in [0.5, 0.6) is 0 Å². The lowest BCUT2D eigenvalue weighted by molar-refractivity contribution is 1.14. The van der Waals surface area contributed by atoms with E-state index in [4.69, 9.17) is 0 Å². The van der Waals surface area contributed by atoms with Gasteiger partial charge in [-0.15, -0.1) is 0 Å². The largest absolute Gasteiger partial charge is 0.310 e. The lowest BCUT2D eigenvalue weighted by Gasteiger charge is -2.38. The zero-order valence-corrected chi connectivity index (χ0v) is 48.7. The van der Waals surface area contributed by atoms with E-state index in [1.165, 1.54) is 198 Å². The monoisotopic (exact) mass is 1130 g/mol. The van der Waals surface area contributed by atoms with Gasteiger partial charge in [0.15, 0.2) is 0 Å². The summed E-state index contributed by atoms with van der Waals surface area (Å²) in [5, 5.41) is 10.1. The SMILES string of the molecule is c1ccc(-c2ccc3c(c2)c2cc(-c4ccccc4)c4c5c2n3-c2cc3c(cc2B5c2cccc5c6ccccc6n-4c25)-n2c4ccc(-c5ccccc5)cc4c4cc(-c5ccccc5)c5c(c42)B3c2cc(-c3ccccc3)cc3c4ccccc4n-5c23)cc1. The normalized spacial score (nSPS) is 13.1. The Morgan fingerprint density at radius 2 is 0.578 bits per heavy atom. The number of benzene rings is 14. The Bertz CT molecular complexity index is 6250. The van der Waals surface area contributed by atoms with Crippen molar-refractivity contribution in [3.63, 3.8) is 0 Å². The summed E-state index contributed by atoms with van der Waals surface area (Å²) >= 11 is 0. The van der Waals surface area contributed by atoms with E-state index in [2.05, 4.69) is 309 Å². The Kier molecular flexibility index (Phi) is 9.05. The van der Waals surface area contributed by atoms with Gasteiger partial charge in [0.2, 0.25) is 0 Å². The molecule has 0 radical (unpaired) electrons. The fourth-order valence-corrected chi connectivity index (χ4v) is 17.5. The number of hydrogen-bond acceptors (Lipinski definition) is 0. The Balaban J connectivity index is 0.952. The maximum absolute atomic E-state index is 2.71. The third-order valence-corrected chi connectivity index (χ3v) is 21.1. The van der Waals surface area contributed by atoms with Crippen molar-refractivity contribution in [2.45, 2.75) is 0 Å². The minimum absolute atomic E-state index is 0.112. The first kappa shape index (κ1) is 47.5. The fourth-order valence-electron chi connectivity index (χ4n) is 17.5. The summed E-state index contributed by atoms with van der Waals surface area (Å²) in [4.78, 5) is 0. The maximum Gasteiger partial charge on any atom is 0.252 e. The van der Waals surface area contributed by atoms with Crippen LogP contribution in [0.1, 0.15) is 0 Å². The summed E-state index contributed by atoms with van der Waals surface area (Å²) in [6, 6.07) is 111. The summed E-state index contributed by atoms with van der Waals surface area (Å²) < 4.78 is 10.7. The highest BCUT2D eigenvalue weighted by Crippen LogP contribution is 2.49. The average molecular weight is 1130 g/mol. The molecule has 0 bridgehead atoms. The topological polar surface area (TPSA) is 19.7 Å². The van der Waals surface area contributed by atoms with Crippen LogP contribution >= 0.6 is 0 Å². The minimum atomic E-state index is -0.156. The highest BCUT2D eigenvalue weighted by Gasteiger charge is 2.47. The lowest BCUT2D eigenvalue weighted by Crippen LogP contribution is -2.62. The molecule has 0 saturated heterocycles. The molecule has 14 aromatic carbocycles. The first-order chi connectivity index (χ1) is 44.7. The fraction of sp³-hybridized carbons (Fsp3) is 0. The molecule has 0 spiro atoms. The molecule has 0 saturated carbocycles. The van der Waals surface area contributed by atoms with Crippen LogP contribution in [0.2, 0.25) is 0 Å². The van der Waals surface area contributed by atoms with Crippen molar-refractivity contribution < 1.29 is 0 Å². The van der Waals surface area contributed by atoms with Gasteiger partial charge < -0.3 is 18.3 Å². The second kappa shape index (κ2) is 17.1. The van der Waals surface area contributed by atoms with E-state index in [1.54, 1.807) is 0 Å². The van der Waals surface area contributed by atoms with Crippen LogP contribution in [0.4, 0.5) is 0 Å². The number of para-hydroxylation sites is 3. The molecule has 4 aliphatic rings. The van der Waals surface area contributed by atoms with Crippen LogP contribution in [0, 0.1) is 0 Å². The van der Waals surface area contributed by atoms with Crippen molar-refractivity contribution in [3.8, 4) is 78.4 Å². The van der Waals surface area contributed by atoms with Gasteiger partial charge in [0.1, 0.15) is 0 Å². The second-order valence-corrected chi connectivity index (χ2v) is 25.4. The summed E-state index contributed by atoms with van der Waals surface area (Å²) in [5.41, 5.74) is 35.2. The van der Waals surface area contributed by atoms with E-state index in [0.717, 1.165) is 0 Å². The number of hydrogen-bond donors (Lipinski definition) is 0. The van der Waals surface area contributed by atoms with Crippen molar-refractivity contribution in [1.29, 1.82) is 0 Å². The molecule has 90 heavy (non-hydrogen) atoms. The zero-order valence-electron chi connectivity index (χ0n) is 48.7. The quantitative estimate of drug-likeness (QED) is 0.153. The van der Waals surface area contributed by atoms with Gasteiger partial charge in [-0.1, -0.05) is 224 Å². The van der Waals surface area contributed by atoms with Crippen LogP contribution in [0.3, 0.4) is 0 Å². The van der Waals surface area contributed by atoms with E-state index in [0.29, 0.717) is 0 Å². The molecular formula is C84H48B2N4. The second-order valence-electron chi connectivity index (χ2n) is 25.4. The van der Waals surface area contributed by atoms with Crippen LogP contribution < -0.4 is 32.8 Å². The molecular weight excluding hydrogens is 1090 g/mol. The summed E-state index contributed by atoms with van der Waals surface area (Å²) in [5.74, 6) is 0. The van der Waals surface area contributed by atoms with Crippen molar-refractivity contribution in [2.24, 2.45) is 0 Å². The Hall–Kier alpha value is -11.6.